The topological polar surface area (TPSA) is 79.5 Å². The maximum atomic E-state index is 11.6. The molecule has 0 saturated carbocycles. The summed E-state index contributed by atoms with van der Waals surface area (Å²) >= 11 is 0. The lowest BCUT2D eigenvalue weighted by Gasteiger charge is -2.23. The van der Waals surface area contributed by atoms with Crippen LogP contribution >= 0.6 is 0 Å². The van der Waals surface area contributed by atoms with E-state index in [1.54, 1.807) is 6.07 Å². The van der Waals surface area contributed by atoms with Crippen LogP contribution < -0.4 is 5.56 Å². The summed E-state index contributed by atoms with van der Waals surface area (Å²) in [5.41, 5.74) is 1.02. The largest absolute Gasteiger partial charge is 0.480 e. The molecule has 0 amide bonds. The first-order chi connectivity index (χ1) is 7.59. The second-order valence-electron chi connectivity index (χ2n) is 3.96. The van der Waals surface area contributed by atoms with Gasteiger partial charge in [-0.05, 0) is 25.3 Å². The highest BCUT2D eigenvalue weighted by atomic mass is 16.4. The van der Waals surface area contributed by atoms with Crippen LogP contribution in [-0.2, 0) is 17.8 Å². The number of aliphatic carboxylic acids is 1. The Morgan fingerprint density at radius 2 is 2.25 bits per heavy atom. The number of fused-ring (bicyclic) bond motifs is 1. The molecule has 5 heteroatoms. The Balaban J connectivity index is 2.54. The predicted octanol–water partition coefficient (Wildman–Crippen LogP) is 0.303. The number of carboxylic acids is 1. The van der Waals surface area contributed by atoms with Crippen molar-refractivity contribution in [2.24, 2.45) is 0 Å². The highest BCUT2D eigenvalue weighted by Crippen LogP contribution is 2.28. The first kappa shape index (κ1) is 10.9. The molecule has 1 heterocycles. The van der Waals surface area contributed by atoms with Gasteiger partial charge in [-0.2, -0.15) is 0 Å². The van der Waals surface area contributed by atoms with Crippen LogP contribution in [0.25, 0.3) is 0 Å². The number of aliphatic hydroxyl groups excluding tert-OH is 1. The zero-order valence-corrected chi connectivity index (χ0v) is 8.72. The molecule has 0 radical (unpaired) electrons. The van der Waals surface area contributed by atoms with Gasteiger partial charge in [0.1, 0.15) is 6.54 Å². The fourth-order valence-electron chi connectivity index (χ4n) is 2.15. The Labute approximate surface area is 92.0 Å². The smallest absolute Gasteiger partial charge is 0.323 e. The molecular weight excluding hydrogens is 210 g/mol. The predicted molar refractivity (Wildman–Crippen MR) is 56.2 cm³/mol. The van der Waals surface area contributed by atoms with Crippen molar-refractivity contribution in [2.45, 2.75) is 31.9 Å². The molecule has 0 aliphatic heterocycles. The summed E-state index contributed by atoms with van der Waals surface area (Å²) in [4.78, 5) is 22.2. The molecule has 1 atom stereocenters. The van der Waals surface area contributed by atoms with Gasteiger partial charge in [0.2, 0.25) is 0 Å². The SMILES string of the molecule is O=C(O)Cn1c2c(ccc1=O)[C@H](O)CCC2. The molecule has 0 bridgehead atoms. The second-order valence-corrected chi connectivity index (χ2v) is 3.96. The molecule has 1 aromatic heterocycles. The molecule has 2 rings (SSSR count). The van der Waals surface area contributed by atoms with E-state index in [2.05, 4.69) is 0 Å². The molecule has 1 aromatic rings. The fraction of sp³-hybridized carbons (Fsp3) is 0.455. The van der Waals surface area contributed by atoms with Crippen molar-refractivity contribution < 1.29 is 15.0 Å². The third-order valence-corrected chi connectivity index (χ3v) is 2.87. The number of nitrogens with zero attached hydrogens (tertiary/aromatic N) is 1. The third kappa shape index (κ3) is 1.86. The average molecular weight is 223 g/mol. The van der Waals surface area contributed by atoms with E-state index in [4.69, 9.17) is 5.11 Å². The lowest BCUT2D eigenvalue weighted by molar-refractivity contribution is -0.137. The first-order valence-electron chi connectivity index (χ1n) is 5.22. The number of aromatic nitrogens is 1. The van der Waals surface area contributed by atoms with Crippen molar-refractivity contribution in [3.05, 3.63) is 33.7 Å². The summed E-state index contributed by atoms with van der Waals surface area (Å²) in [5, 5.41) is 18.5. The molecule has 5 nitrogen and oxygen atoms in total. The van der Waals surface area contributed by atoms with Crippen molar-refractivity contribution >= 4 is 5.97 Å². The molecule has 0 saturated heterocycles. The van der Waals surface area contributed by atoms with Gasteiger partial charge in [-0.1, -0.05) is 0 Å². The molecule has 0 fully saturated rings. The zero-order chi connectivity index (χ0) is 11.7. The van der Waals surface area contributed by atoms with E-state index >= 15 is 0 Å². The molecule has 1 aliphatic carbocycles. The maximum Gasteiger partial charge on any atom is 0.323 e. The Hall–Kier alpha value is -1.62. The van der Waals surface area contributed by atoms with Crippen LogP contribution in [0.4, 0.5) is 0 Å². The number of rotatable bonds is 2. The number of hydrogen-bond acceptors (Lipinski definition) is 3. The van der Waals surface area contributed by atoms with Crippen molar-refractivity contribution in [2.75, 3.05) is 0 Å². The minimum absolute atomic E-state index is 0.324. The summed E-state index contributed by atoms with van der Waals surface area (Å²) < 4.78 is 1.24. The molecule has 1 aliphatic rings. The van der Waals surface area contributed by atoms with Gasteiger partial charge >= 0.3 is 5.97 Å². The fourth-order valence-corrected chi connectivity index (χ4v) is 2.15. The standard InChI is InChI=1S/C11H13NO4/c13-9-3-1-2-8-7(9)4-5-10(14)12(8)6-11(15)16/h4-5,9,13H,1-3,6H2,(H,15,16)/t9-/m1/s1. The van der Waals surface area contributed by atoms with Gasteiger partial charge in [0.15, 0.2) is 0 Å². The van der Waals surface area contributed by atoms with E-state index in [-0.39, 0.29) is 12.1 Å². The lowest BCUT2D eigenvalue weighted by Crippen LogP contribution is -2.29. The zero-order valence-electron chi connectivity index (χ0n) is 8.72. The van der Waals surface area contributed by atoms with E-state index in [1.807, 2.05) is 0 Å². The van der Waals surface area contributed by atoms with Gasteiger partial charge < -0.3 is 14.8 Å². The van der Waals surface area contributed by atoms with Gasteiger partial charge in [0, 0.05) is 17.3 Å². The van der Waals surface area contributed by atoms with E-state index in [0.29, 0.717) is 24.1 Å². The Kier molecular flexibility index (Phi) is 2.78. The Bertz CT molecular complexity index is 477. The van der Waals surface area contributed by atoms with Crippen LogP contribution in [0.3, 0.4) is 0 Å². The minimum Gasteiger partial charge on any atom is -0.480 e. The first-order valence-corrected chi connectivity index (χ1v) is 5.22. The van der Waals surface area contributed by atoms with Crippen LogP contribution in [0.5, 0.6) is 0 Å². The Morgan fingerprint density at radius 3 is 2.94 bits per heavy atom. The van der Waals surface area contributed by atoms with E-state index in [9.17, 15) is 14.7 Å². The van der Waals surface area contributed by atoms with Gasteiger partial charge in [0.25, 0.3) is 5.56 Å². The van der Waals surface area contributed by atoms with Crippen LogP contribution in [0.15, 0.2) is 16.9 Å². The summed E-state index contributed by atoms with van der Waals surface area (Å²) in [5.74, 6) is -1.05. The van der Waals surface area contributed by atoms with Crippen molar-refractivity contribution in [3.63, 3.8) is 0 Å². The Morgan fingerprint density at radius 1 is 1.50 bits per heavy atom. The maximum absolute atomic E-state index is 11.6. The summed E-state index contributed by atoms with van der Waals surface area (Å²) in [7, 11) is 0. The summed E-state index contributed by atoms with van der Waals surface area (Å²) in [6.07, 6.45) is 1.51. The quantitative estimate of drug-likeness (QED) is 0.755. The van der Waals surface area contributed by atoms with Gasteiger partial charge in [0.05, 0.1) is 6.10 Å². The lowest BCUT2D eigenvalue weighted by atomic mass is 9.93. The number of carboxylic acid groups (broad SMARTS) is 1. The van der Waals surface area contributed by atoms with E-state index < -0.39 is 12.1 Å². The van der Waals surface area contributed by atoms with Gasteiger partial charge in [-0.25, -0.2) is 0 Å². The second kappa shape index (κ2) is 4.09. The summed E-state index contributed by atoms with van der Waals surface area (Å²) in [6.45, 7) is -0.339. The molecule has 0 aromatic carbocycles. The molecule has 16 heavy (non-hydrogen) atoms. The number of aliphatic hydroxyl groups is 1. The average Bonchev–Trinajstić information content (AvgIpc) is 2.22. The summed E-state index contributed by atoms with van der Waals surface area (Å²) in [6, 6.07) is 2.91. The van der Waals surface area contributed by atoms with Crippen molar-refractivity contribution in [3.8, 4) is 0 Å². The monoisotopic (exact) mass is 223 g/mol. The highest BCUT2D eigenvalue weighted by molar-refractivity contribution is 5.66. The number of carbonyl (C=O) groups is 1. The minimum atomic E-state index is -1.05. The van der Waals surface area contributed by atoms with E-state index in [1.165, 1.54) is 10.6 Å². The van der Waals surface area contributed by atoms with Crippen LogP contribution in [0, 0.1) is 0 Å². The molecule has 0 unspecified atom stereocenters. The molecular formula is C11H13NO4. The van der Waals surface area contributed by atoms with Gasteiger partial charge in [-0.3, -0.25) is 9.59 Å². The van der Waals surface area contributed by atoms with Crippen molar-refractivity contribution in [1.29, 1.82) is 0 Å². The molecule has 2 N–H and O–H groups in total. The number of hydrogen-bond donors (Lipinski definition) is 2. The highest BCUT2D eigenvalue weighted by Gasteiger charge is 2.21. The number of pyridine rings is 1. The molecule has 0 spiro atoms. The van der Waals surface area contributed by atoms with Crippen molar-refractivity contribution in [1.82, 2.24) is 4.57 Å². The van der Waals surface area contributed by atoms with Crippen LogP contribution in [0.1, 0.15) is 30.2 Å². The molecule has 86 valence electrons. The van der Waals surface area contributed by atoms with Gasteiger partial charge in [-0.15, -0.1) is 0 Å². The normalized spacial score (nSPS) is 19.2. The van der Waals surface area contributed by atoms with Crippen LogP contribution in [-0.4, -0.2) is 20.7 Å². The van der Waals surface area contributed by atoms with Crippen LogP contribution in [0.2, 0.25) is 0 Å². The third-order valence-electron chi connectivity index (χ3n) is 2.87. The van der Waals surface area contributed by atoms with E-state index in [0.717, 1.165) is 6.42 Å².